The number of H-pyrrole nitrogens is 1. The number of nitrogens with one attached hydrogen (secondary N) is 2. The van der Waals surface area contributed by atoms with E-state index in [1.54, 1.807) is 14.2 Å². The Morgan fingerprint density at radius 3 is 2.54 bits per heavy atom. The van der Waals surface area contributed by atoms with Crippen LogP contribution in [0, 0.1) is 0 Å². The Morgan fingerprint density at radius 2 is 1.92 bits per heavy atom. The zero-order valence-electron chi connectivity index (χ0n) is 14.6. The third-order valence-electron chi connectivity index (χ3n) is 4.68. The number of fused-ring (bicyclic) bond motifs is 3. The zero-order chi connectivity index (χ0) is 17.3. The van der Waals surface area contributed by atoms with Crippen molar-refractivity contribution in [1.29, 1.82) is 0 Å². The van der Waals surface area contributed by atoms with E-state index in [0.29, 0.717) is 24.7 Å². The Morgan fingerprint density at radius 1 is 1.21 bits per heavy atom. The number of carbonyl (C=O) groups is 1. The molecule has 2 N–H and O–H groups in total. The van der Waals surface area contributed by atoms with E-state index < -0.39 is 0 Å². The first kappa shape index (κ1) is 16.6. The number of methoxy groups -OCH3 is 2. The first-order chi connectivity index (χ1) is 11.6. The van der Waals surface area contributed by atoms with Gasteiger partial charge in [0.05, 0.1) is 20.8 Å². The molecule has 1 aliphatic heterocycles. The molecule has 3 rings (SSSR count). The smallest absolute Gasteiger partial charge is 0.323 e. The van der Waals surface area contributed by atoms with Crippen LogP contribution in [0.25, 0.3) is 10.9 Å². The third kappa shape index (κ3) is 2.60. The van der Waals surface area contributed by atoms with E-state index in [4.69, 9.17) is 14.2 Å². The average Bonchev–Trinajstić information content (AvgIpc) is 2.97. The fourth-order valence-corrected chi connectivity index (χ4v) is 3.60. The number of aromatic amines is 1. The molecule has 0 spiro atoms. The highest BCUT2D eigenvalue weighted by atomic mass is 16.5. The van der Waals surface area contributed by atoms with Gasteiger partial charge in [-0.2, -0.15) is 0 Å². The van der Waals surface area contributed by atoms with Crippen molar-refractivity contribution < 1.29 is 19.0 Å². The molecule has 0 fully saturated rings. The van der Waals surface area contributed by atoms with Crippen molar-refractivity contribution in [2.24, 2.45) is 0 Å². The minimum absolute atomic E-state index is 0.0552. The molecule has 130 valence electrons. The number of carbonyl (C=O) groups excluding carboxylic acids is 1. The van der Waals surface area contributed by atoms with E-state index >= 15 is 0 Å². The molecule has 0 aliphatic carbocycles. The second-order valence-corrected chi connectivity index (χ2v) is 5.90. The molecular formula is C18H24N2O4. The summed E-state index contributed by atoms with van der Waals surface area (Å²) in [5, 5.41) is 4.39. The van der Waals surface area contributed by atoms with Gasteiger partial charge in [-0.15, -0.1) is 0 Å². The maximum atomic E-state index is 12.3. The number of rotatable bonds is 5. The summed E-state index contributed by atoms with van der Waals surface area (Å²) >= 11 is 0. The van der Waals surface area contributed by atoms with Crippen LogP contribution in [0.1, 0.15) is 37.4 Å². The number of esters is 1. The molecule has 0 saturated heterocycles. The molecule has 1 aromatic heterocycles. The van der Waals surface area contributed by atoms with Crippen molar-refractivity contribution in [3.63, 3.8) is 0 Å². The lowest BCUT2D eigenvalue weighted by molar-refractivity contribution is -0.146. The Hall–Kier alpha value is -2.21. The van der Waals surface area contributed by atoms with Gasteiger partial charge < -0.3 is 19.2 Å². The van der Waals surface area contributed by atoms with Gasteiger partial charge in [0.25, 0.3) is 0 Å². The maximum Gasteiger partial charge on any atom is 0.323 e. The van der Waals surface area contributed by atoms with Crippen molar-refractivity contribution in [2.45, 2.75) is 38.8 Å². The maximum absolute atomic E-state index is 12.3. The summed E-state index contributed by atoms with van der Waals surface area (Å²) in [6, 6.07) is 3.60. The minimum atomic E-state index is -0.324. The van der Waals surface area contributed by atoms with Crippen LogP contribution in [0.2, 0.25) is 0 Å². The van der Waals surface area contributed by atoms with Gasteiger partial charge in [-0.3, -0.25) is 10.1 Å². The molecule has 6 nitrogen and oxygen atoms in total. The molecule has 2 unspecified atom stereocenters. The van der Waals surface area contributed by atoms with E-state index in [9.17, 15) is 4.79 Å². The van der Waals surface area contributed by atoms with E-state index in [2.05, 4.69) is 17.2 Å². The van der Waals surface area contributed by atoms with Crippen molar-refractivity contribution in [3.8, 4) is 11.5 Å². The Kier molecular flexibility index (Phi) is 4.66. The van der Waals surface area contributed by atoms with Crippen LogP contribution in [-0.2, 0) is 16.1 Å². The van der Waals surface area contributed by atoms with Gasteiger partial charge in [0, 0.05) is 35.1 Å². The number of ether oxygens (including phenoxy) is 3. The Labute approximate surface area is 141 Å². The van der Waals surface area contributed by atoms with Gasteiger partial charge >= 0.3 is 5.97 Å². The molecule has 0 amide bonds. The number of aromatic nitrogens is 1. The lowest BCUT2D eigenvalue weighted by Crippen LogP contribution is -2.45. The Balaban J connectivity index is 2.12. The number of hydrogen-bond donors (Lipinski definition) is 2. The molecule has 1 aromatic carbocycles. The standard InChI is InChI=1S/C18H24N2O4/c1-5-10-16-11-7-14(22-3)15(23-4)8-12(11)20-13(16)9-19-17(10)18(21)24-6-2/h7-8,10,17,19-20H,5-6,9H2,1-4H3. The first-order valence-corrected chi connectivity index (χ1v) is 8.31. The van der Waals surface area contributed by atoms with E-state index in [1.165, 1.54) is 5.56 Å². The summed E-state index contributed by atoms with van der Waals surface area (Å²) in [5.41, 5.74) is 3.26. The molecule has 2 heterocycles. The lowest BCUT2D eigenvalue weighted by Gasteiger charge is -2.31. The van der Waals surface area contributed by atoms with Gasteiger partial charge in [-0.05, 0) is 25.0 Å². The quantitative estimate of drug-likeness (QED) is 0.824. The van der Waals surface area contributed by atoms with Gasteiger partial charge in [0.2, 0.25) is 0 Å². The minimum Gasteiger partial charge on any atom is -0.493 e. The summed E-state index contributed by atoms with van der Waals surface area (Å²) in [6.45, 7) is 4.91. The van der Waals surface area contributed by atoms with Crippen LogP contribution in [0.5, 0.6) is 11.5 Å². The second-order valence-electron chi connectivity index (χ2n) is 5.90. The van der Waals surface area contributed by atoms with Gasteiger partial charge in [-0.1, -0.05) is 6.92 Å². The predicted molar refractivity (Wildman–Crippen MR) is 91.7 cm³/mol. The molecule has 2 atom stereocenters. The van der Waals surface area contributed by atoms with Crippen molar-refractivity contribution in [1.82, 2.24) is 10.3 Å². The molecule has 2 aromatic rings. The monoisotopic (exact) mass is 332 g/mol. The van der Waals surface area contributed by atoms with Crippen LogP contribution < -0.4 is 14.8 Å². The van der Waals surface area contributed by atoms with E-state index in [-0.39, 0.29) is 17.9 Å². The predicted octanol–water partition coefficient (Wildman–Crippen LogP) is 2.71. The molecule has 1 aliphatic rings. The van der Waals surface area contributed by atoms with Crippen LogP contribution >= 0.6 is 0 Å². The molecule has 0 bridgehead atoms. The van der Waals surface area contributed by atoms with Crippen LogP contribution in [0.3, 0.4) is 0 Å². The summed E-state index contributed by atoms with van der Waals surface area (Å²) in [4.78, 5) is 15.8. The number of benzene rings is 1. The topological polar surface area (TPSA) is 72.6 Å². The van der Waals surface area contributed by atoms with Crippen LogP contribution in [0.4, 0.5) is 0 Å². The SMILES string of the molecule is CCOC(=O)C1NCc2[nH]c3cc(OC)c(OC)cc3c2C1CC. The van der Waals surface area contributed by atoms with Gasteiger partial charge in [-0.25, -0.2) is 0 Å². The highest BCUT2D eigenvalue weighted by Gasteiger charge is 2.36. The average molecular weight is 332 g/mol. The van der Waals surface area contributed by atoms with Crippen LogP contribution in [0.15, 0.2) is 12.1 Å². The zero-order valence-corrected chi connectivity index (χ0v) is 14.6. The Bertz CT molecular complexity index is 753. The molecular weight excluding hydrogens is 308 g/mol. The number of hydrogen-bond acceptors (Lipinski definition) is 5. The lowest BCUT2D eigenvalue weighted by atomic mass is 9.84. The molecule has 0 saturated carbocycles. The van der Waals surface area contributed by atoms with Crippen molar-refractivity contribution >= 4 is 16.9 Å². The highest BCUT2D eigenvalue weighted by Crippen LogP contribution is 2.41. The first-order valence-electron chi connectivity index (χ1n) is 8.31. The molecule has 6 heteroatoms. The fraction of sp³-hybridized carbons (Fsp3) is 0.500. The normalized spacial score (nSPS) is 19.8. The summed E-state index contributed by atoms with van der Waals surface area (Å²) in [6.07, 6.45) is 0.838. The highest BCUT2D eigenvalue weighted by molar-refractivity contribution is 5.90. The molecule has 0 radical (unpaired) electrons. The van der Waals surface area contributed by atoms with Crippen molar-refractivity contribution in [3.05, 3.63) is 23.4 Å². The van der Waals surface area contributed by atoms with E-state index in [1.807, 2.05) is 19.1 Å². The van der Waals surface area contributed by atoms with Crippen molar-refractivity contribution in [2.75, 3.05) is 20.8 Å². The largest absolute Gasteiger partial charge is 0.493 e. The third-order valence-corrected chi connectivity index (χ3v) is 4.68. The summed E-state index contributed by atoms with van der Waals surface area (Å²) in [7, 11) is 3.25. The van der Waals surface area contributed by atoms with Crippen LogP contribution in [-0.4, -0.2) is 37.8 Å². The second kappa shape index (κ2) is 6.73. The fourth-order valence-electron chi connectivity index (χ4n) is 3.60. The summed E-state index contributed by atoms with van der Waals surface area (Å²) < 4.78 is 16.1. The molecule has 24 heavy (non-hydrogen) atoms. The summed E-state index contributed by atoms with van der Waals surface area (Å²) in [5.74, 6) is 1.24. The van der Waals surface area contributed by atoms with Gasteiger partial charge in [0.15, 0.2) is 11.5 Å². The van der Waals surface area contributed by atoms with Gasteiger partial charge in [0.1, 0.15) is 6.04 Å². The van der Waals surface area contributed by atoms with E-state index in [0.717, 1.165) is 23.0 Å².